The second kappa shape index (κ2) is 12.2. The summed E-state index contributed by atoms with van der Waals surface area (Å²) in [7, 11) is 3.12. The SMILES string of the molecule is COC(=O)C1CC(N(C)c2cc(F)c(-c3ccc(OCc4ccccc4)nc3OCc3ccccc3)c(F)c2)C1. The maximum Gasteiger partial charge on any atom is 0.308 e. The van der Waals surface area contributed by atoms with Gasteiger partial charge in [-0.15, -0.1) is 0 Å². The van der Waals surface area contributed by atoms with E-state index in [1.54, 1.807) is 24.1 Å². The van der Waals surface area contributed by atoms with Crippen molar-refractivity contribution in [2.75, 3.05) is 19.1 Å². The predicted octanol–water partition coefficient (Wildman–Crippen LogP) is 6.57. The van der Waals surface area contributed by atoms with Gasteiger partial charge >= 0.3 is 5.97 Å². The van der Waals surface area contributed by atoms with Gasteiger partial charge in [0.1, 0.15) is 24.8 Å². The minimum Gasteiger partial charge on any atom is -0.473 e. The van der Waals surface area contributed by atoms with E-state index in [0.29, 0.717) is 18.5 Å². The molecular weight excluding hydrogens is 514 g/mol. The van der Waals surface area contributed by atoms with Crippen molar-refractivity contribution in [1.82, 2.24) is 4.98 Å². The molecule has 1 fully saturated rings. The lowest BCUT2D eigenvalue weighted by Gasteiger charge is -2.41. The fraction of sp³-hybridized carbons (Fsp3) is 0.250. The first-order valence-corrected chi connectivity index (χ1v) is 13.1. The second-order valence-corrected chi connectivity index (χ2v) is 9.79. The van der Waals surface area contributed by atoms with Gasteiger partial charge in [0.05, 0.1) is 24.2 Å². The number of halogens is 2. The van der Waals surface area contributed by atoms with E-state index in [1.165, 1.54) is 19.2 Å². The Morgan fingerprint density at radius 2 is 1.45 bits per heavy atom. The molecule has 5 rings (SSSR count). The summed E-state index contributed by atoms with van der Waals surface area (Å²) >= 11 is 0. The summed E-state index contributed by atoms with van der Waals surface area (Å²) in [4.78, 5) is 18.0. The van der Waals surface area contributed by atoms with Gasteiger partial charge in [-0.25, -0.2) is 8.78 Å². The van der Waals surface area contributed by atoms with Crippen molar-refractivity contribution in [2.24, 2.45) is 5.92 Å². The van der Waals surface area contributed by atoms with Crippen LogP contribution in [0.3, 0.4) is 0 Å². The Hall–Kier alpha value is -4.46. The van der Waals surface area contributed by atoms with Gasteiger partial charge in [0.2, 0.25) is 11.8 Å². The third-order valence-corrected chi connectivity index (χ3v) is 7.18. The zero-order chi connectivity index (χ0) is 28.1. The topological polar surface area (TPSA) is 60.9 Å². The van der Waals surface area contributed by atoms with Crippen LogP contribution in [0.15, 0.2) is 84.9 Å². The predicted molar refractivity (Wildman–Crippen MR) is 148 cm³/mol. The first-order valence-electron chi connectivity index (χ1n) is 13.1. The molecule has 1 saturated carbocycles. The first-order chi connectivity index (χ1) is 19.4. The van der Waals surface area contributed by atoms with E-state index in [9.17, 15) is 4.79 Å². The first kappa shape index (κ1) is 27.1. The summed E-state index contributed by atoms with van der Waals surface area (Å²) in [6, 6.07) is 24.8. The van der Waals surface area contributed by atoms with Gasteiger partial charge in [0.15, 0.2) is 0 Å². The molecule has 0 saturated heterocycles. The number of pyridine rings is 1. The van der Waals surface area contributed by atoms with E-state index in [0.717, 1.165) is 11.1 Å². The van der Waals surface area contributed by atoms with Crippen LogP contribution in [0.1, 0.15) is 24.0 Å². The molecule has 1 aliphatic rings. The lowest BCUT2D eigenvalue weighted by atomic mass is 9.79. The number of rotatable bonds is 10. The van der Waals surface area contributed by atoms with Crippen LogP contribution < -0.4 is 14.4 Å². The summed E-state index contributed by atoms with van der Waals surface area (Å²) in [5, 5.41) is 0. The van der Waals surface area contributed by atoms with Crippen LogP contribution in [0.25, 0.3) is 11.1 Å². The molecule has 0 amide bonds. The Morgan fingerprint density at radius 1 is 0.875 bits per heavy atom. The van der Waals surface area contributed by atoms with Gasteiger partial charge in [-0.05, 0) is 42.2 Å². The fourth-order valence-corrected chi connectivity index (χ4v) is 4.76. The molecule has 1 heterocycles. The molecule has 1 aromatic heterocycles. The Morgan fingerprint density at radius 3 is 2.02 bits per heavy atom. The molecule has 0 unspecified atom stereocenters. The number of hydrogen-bond donors (Lipinski definition) is 0. The lowest BCUT2D eigenvalue weighted by molar-refractivity contribution is -0.148. The largest absolute Gasteiger partial charge is 0.473 e. The average Bonchev–Trinajstić information content (AvgIpc) is 2.95. The second-order valence-electron chi connectivity index (χ2n) is 9.79. The molecule has 3 aromatic carbocycles. The number of anilines is 1. The van der Waals surface area contributed by atoms with Gasteiger partial charge in [-0.3, -0.25) is 4.79 Å². The zero-order valence-corrected chi connectivity index (χ0v) is 22.3. The third kappa shape index (κ3) is 6.06. The van der Waals surface area contributed by atoms with Gasteiger partial charge in [-0.1, -0.05) is 60.7 Å². The van der Waals surface area contributed by atoms with Crippen LogP contribution in [0.2, 0.25) is 0 Å². The van der Waals surface area contributed by atoms with Crippen molar-refractivity contribution < 1.29 is 27.8 Å². The van der Waals surface area contributed by atoms with E-state index < -0.39 is 11.6 Å². The Bertz CT molecular complexity index is 1440. The van der Waals surface area contributed by atoms with Crippen molar-refractivity contribution in [1.29, 1.82) is 0 Å². The maximum absolute atomic E-state index is 15.6. The third-order valence-electron chi connectivity index (χ3n) is 7.18. The van der Waals surface area contributed by atoms with Crippen LogP contribution in [-0.2, 0) is 22.7 Å². The smallest absolute Gasteiger partial charge is 0.308 e. The Labute approximate surface area is 232 Å². The van der Waals surface area contributed by atoms with Gasteiger partial charge in [0.25, 0.3) is 0 Å². The monoisotopic (exact) mass is 544 g/mol. The molecule has 1 aliphatic carbocycles. The average molecular weight is 545 g/mol. The Kier molecular flexibility index (Phi) is 8.24. The van der Waals surface area contributed by atoms with Crippen molar-refractivity contribution in [3.63, 3.8) is 0 Å². The van der Waals surface area contributed by atoms with Gasteiger partial charge < -0.3 is 19.1 Å². The molecule has 0 N–H and O–H groups in total. The number of methoxy groups -OCH3 is 1. The Balaban J connectivity index is 1.40. The highest BCUT2D eigenvalue weighted by Gasteiger charge is 2.38. The van der Waals surface area contributed by atoms with E-state index in [2.05, 4.69) is 4.98 Å². The van der Waals surface area contributed by atoms with E-state index >= 15 is 8.78 Å². The van der Waals surface area contributed by atoms with E-state index in [1.807, 2.05) is 60.7 Å². The fourth-order valence-electron chi connectivity index (χ4n) is 4.76. The number of benzene rings is 3. The highest BCUT2D eigenvalue weighted by Crippen LogP contribution is 2.39. The highest BCUT2D eigenvalue weighted by molar-refractivity contribution is 5.75. The molecule has 0 radical (unpaired) electrons. The minimum atomic E-state index is -0.741. The number of carbonyl (C=O) groups is 1. The van der Waals surface area contributed by atoms with Crippen molar-refractivity contribution in [3.05, 3.63) is 108 Å². The summed E-state index contributed by atoms with van der Waals surface area (Å²) in [5.41, 5.74) is 2.18. The number of ether oxygens (including phenoxy) is 3. The van der Waals surface area contributed by atoms with Crippen LogP contribution in [-0.4, -0.2) is 31.2 Å². The molecule has 0 bridgehead atoms. The molecular formula is C32H30F2N2O4. The summed E-state index contributed by atoms with van der Waals surface area (Å²) in [6.45, 7) is 0.448. The van der Waals surface area contributed by atoms with Crippen LogP contribution >= 0.6 is 0 Å². The molecule has 40 heavy (non-hydrogen) atoms. The maximum atomic E-state index is 15.6. The normalized spacial score (nSPS) is 16.1. The standard InChI is InChI=1S/C32H30F2N2O4/c1-36(24-15-23(16-24)32(37)38-2)25-17-27(33)30(28(34)18-25)26-13-14-29(39-19-21-9-5-3-6-10-21)35-31(26)40-20-22-11-7-4-8-12-22/h3-14,17-18,23-24H,15-16,19-20H2,1-2H3. The molecule has 0 spiro atoms. The van der Waals surface area contributed by atoms with Crippen LogP contribution in [0.4, 0.5) is 14.5 Å². The van der Waals surface area contributed by atoms with E-state index in [4.69, 9.17) is 14.2 Å². The van der Waals surface area contributed by atoms with Crippen LogP contribution in [0, 0.1) is 17.6 Å². The number of esters is 1. The molecule has 0 aliphatic heterocycles. The van der Waals surface area contributed by atoms with Crippen LogP contribution in [0.5, 0.6) is 11.8 Å². The number of aromatic nitrogens is 1. The quantitative estimate of drug-likeness (QED) is 0.211. The molecule has 6 nitrogen and oxygen atoms in total. The number of carbonyl (C=O) groups excluding carboxylic acids is 1. The summed E-state index contributed by atoms with van der Waals surface area (Å²) in [6.07, 6.45) is 1.14. The minimum absolute atomic E-state index is 0.0127. The van der Waals surface area contributed by atoms with Crippen molar-refractivity contribution in [3.8, 4) is 22.9 Å². The summed E-state index contributed by atoms with van der Waals surface area (Å²) in [5.74, 6) is -1.59. The van der Waals surface area contributed by atoms with Gasteiger partial charge in [-0.2, -0.15) is 4.98 Å². The molecule has 206 valence electrons. The lowest BCUT2D eigenvalue weighted by Crippen LogP contribution is -2.45. The summed E-state index contributed by atoms with van der Waals surface area (Å²) < 4.78 is 47.7. The van der Waals surface area contributed by atoms with E-state index in [-0.39, 0.29) is 54.0 Å². The molecule has 0 atom stereocenters. The van der Waals surface area contributed by atoms with Crippen molar-refractivity contribution >= 4 is 11.7 Å². The molecule has 4 aromatic rings. The number of hydrogen-bond acceptors (Lipinski definition) is 6. The highest BCUT2D eigenvalue weighted by atomic mass is 19.1. The zero-order valence-electron chi connectivity index (χ0n) is 22.3. The van der Waals surface area contributed by atoms with Crippen molar-refractivity contribution in [2.45, 2.75) is 32.1 Å². The number of nitrogens with zero attached hydrogens (tertiary/aromatic N) is 2. The van der Waals surface area contributed by atoms with Gasteiger partial charge in [0, 0.05) is 24.8 Å². The molecule has 8 heteroatoms.